The van der Waals surface area contributed by atoms with Crippen molar-refractivity contribution in [1.29, 1.82) is 0 Å². The van der Waals surface area contributed by atoms with Gasteiger partial charge in [-0.05, 0) is 25.2 Å². The van der Waals surface area contributed by atoms with Gasteiger partial charge in [-0.15, -0.1) is 0 Å². The average molecular weight is 269 g/mol. The van der Waals surface area contributed by atoms with Crippen LogP contribution in [0.15, 0.2) is 0 Å². The van der Waals surface area contributed by atoms with Crippen LogP contribution in [0.25, 0.3) is 0 Å². The molecule has 1 rings (SSSR count). The van der Waals surface area contributed by atoms with Crippen molar-refractivity contribution < 1.29 is 9.59 Å². The van der Waals surface area contributed by atoms with Gasteiger partial charge in [0.05, 0.1) is 6.04 Å². The lowest BCUT2D eigenvalue weighted by Gasteiger charge is -2.34. The molecular weight excluding hydrogens is 242 g/mol. The molecule has 5 heteroatoms. The number of likely N-dealkylation sites (N-methyl/N-ethyl adjacent to an activating group) is 1. The lowest BCUT2D eigenvalue weighted by atomic mass is 9.99. The van der Waals surface area contributed by atoms with Crippen LogP contribution in [0.4, 0.5) is 0 Å². The van der Waals surface area contributed by atoms with Crippen LogP contribution in [0.1, 0.15) is 40.0 Å². The lowest BCUT2D eigenvalue weighted by molar-refractivity contribution is -0.130. The third-order valence-corrected chi connectivity index (χ3v) is 3.65. The van der Waals surface area contributed by atoms with Gasteiger partial charge in [0, 0.05) is 33.1 Å². The summed E-state index contributed by atoms with van der Waals surface area (Å²) in [4.78, 5) is 25.0. The molecule has 0 aliphatic carbocycles. The second-order valence-electron chi connectivity index (χ2n) is 5.74. The molecule has 19 heavy (non-hydrogen) atoms. The Balaban J connectivity index is 2.47. The van der Waals surface area contributed by atoms with E-state index in [0.29, 0.717) is 12.0 Å². The van der Waals surface area contributed by atoms with Crippen LogP contribution in [0, 0.1) is 5.92 Å². The first-order valence-corrected chi connectivity index (χ1v) is 7.17. The minimum absolute atomic E-state index is 0.0581. The van der Waals surface area contributed by atoms with E-state index in [1.807, 2.05) is 4.90 Å². The molecule has 2 N–H and O–H groups in total. The summed E-state index contributed by atoms with van der Waals surface area (Å²) >= 11 is 0. The first kappa shape index (κ1) is 16.0. The average Bonchev–Trinajstić information content (AvgIpc) is 2.37. The molecule has 1 aliphatic rings. The standard InChI is InChI=1S/C14H27N3O2/c1-10(2)9-13(14(19)15-4)16-12-5-7-17(8-6-12)11(3)18/h10,12-13,16H,5-9H2,1-4H3,(H,15,19). The number of carbonyl (C=O) groups excluding carboxylic acids is 2. The van der Waals surface area contributed by atoms with Gasteiger partial charge in [0.15, 0.2) is 0 Å². The molecule has 1 aliphatic heterocycles. The number of rotatable bonds is 5. The third-order valence-electron chi connectivity index (χ3n) is 3.65. The summed E-state index contributed by atoms with van der Waals surface area (Å²) in [5.74, 6) is 0.679. The van der Waals surface area contributed by atoms with Gasteiger partial charge in [-0.2, -0.15) is 0 Å². The Morgan fingerprint density at radius 2 is 1.84 bits per heavy atom. The minimum Gasteiger partial charge on any atom is -0.358 e. The van der Waals surface area contributed by atoms with Gasteiger partial charge in [-0.25, -0.2) is 0 Å². The van der Waals surface area contributed by atoms with E-state index in [2.05, 4.69) is 24.5 Å². The Kier molecular flexibility index (Phi) is 6.28. The maximum Gasteiger partial charge on any atom is 0.236 e. The highest BCUT2D eigenvalue weighted by molar-refractivity contribution is 5.81. The highest BCUT2D eigenvalue weighted by atomic mass is 16.2. The molecule has 0 radical (unpaired) electrons. The third kappa shape index (κ3) is 5.19. The van der Waals surface area contributed by atoms with Crippen LogP contribution < -0.4 is 10.6 Å². The molecule has 0 spiro atoms. The van der Waals surface area contributed by atoms with Gasteiger partial charge in [0.2, 0.25) is 11.8 Å². The van der Waals surface area contributed by atoms with Crippen LogP contribution in [0.5, 0.6) is 0 Å². The summed E-state index contributed by atoms with van der Waals surface area (Å²) in [5, 5.41) is 6.17. The van der Waals surface area contributed by atoms with Gasteiger partial charge >= 0.3 is 0 Å². The number of amides is 2. The van der Waals surface area contributed by atoms with E-state index in [1.165, 1.54) is 0 Å². The quantitative estimate of drug-likeness (QED) is 0.774. The van der Waals surface area contributed by atoms with Crippen molar-refractivity contribution in [2.45, 2.75) is 52.1 Å². The molecule has 1 atom stereocenters. The molecule has 0 saturated carbocycles. The number of nitrogens with one attached hydrogen (secondary N) is 2. The van der Waals surface area contributed by atoms with E-state index in [0.717, 1.165) is 32.4 Å². The predicted molar refractivity (Wildman–Crippen MR) is 75.7 cm³/mol. The van der Waals surface area contributed by atoms with Gasteiger partial charge in [-0.1, -0.05) is 13.8 Å². The molecule has 1 saturated heterocycles. The molecule has 1 unspecified atom stereocenters. The van der Waals surface area contributed by atoms with Crippen LogP contribution in [0.3, 0.4) is 0 Å². The van der Waals surface area contributed by atoms with E-state index in [4.69, 9.17) is 0 Å². The smallest absolute Gasteiger partial charge is 0.236 e. The van der Waals surface area contributed by atoms with Crippen LogP contribution in [-0.2, 0) is 9.59 Å². The van der Waals surface area contributed by atoms with E-state index in [9.17, 15) is 9.59 Å². The SMILES string of the molecule is CNC(=O)C(CC(C)C)NC1CCN(C(C)=O)CC1. The second kappa shape index (κ2) is 7.48. The summed E-state index contributed by atoms with van der Waals surface area (Å²) in [5.41, 5.74) is 0. The van der Waals surface area contributed by atoms with Crippen molar-refractivity contribution in [3.05, 3.63) is 0 Å². The number of carbonyl (C=O) groups is 2. The van der Waals surface area contributed by atoms with Crippen molar-refractivity contribution in [2.24, 2.45) is 5.92 Å². The van der Waals surface area contributed by atoms with Crippen molar-refractivity contribution in [3.63, 3.8) is 0 Å². The van der Waals surface area contributed by atoms with E-state index in [1.54, 1.807) is 14.0 Å². The largest absolute Gasteiger partial charge is 0.358 e. The predicted octanol–water partition coefficient (Wildman–Crippen LogP) is 0.748. The highest BCUT2D eigenvalue weighted by Crippen LogP contribution is 2.13. The molecule has 0 aromatic rings. The van der Waals surface area contributed by atoms with E-state index in [-0.39, 0.29) is 17.9 Å². The zero-order chi connectivity index (χ0) is 14.4. The topological polar surface area (TPSA) is 61.4 Å². The second-order valence-corrected chi connectivity index (χ2v) is 5.74. The number of nitrogens with zero attached hydrogens (tertiary/aromatic N) is 1. The normalized spacial score (nSPS) is 18.5. The molecule has 5 nitrogen and oxygen atoms in total. The molecule has 110 valence electrons. The van der Waals surface area contributed by atoms with Gasteiger partial charge < -0.3 is 15.5 Å². The summed E-state index contributed by atoms with van der Waals surface area (Å²) < 4.78 is 0. The van der Waals surface area contributed by atoms with Gasteiger partial charge in [0.25, 0.3) is 0 Å². The van der Waals surface area contributed by atoms with Crippen LogP contribution >= 0.6 is 0 Å². The molecule has 0 bridgehead atoms. The summed E-state index contributed by atoms with van der Waals surface area (Å²) in [6.07, 6.45) is 2.68. The molecule has 1 fully saturated rings. The lowest BCUT2D eigenvalue weighted by Crippen LogP contribution is -2.52. The van der Waals surface area contributed by atoms with Gasteiger partial charge in [0.1, 0.15) is 0 Å². The molecule has 1 heterocycles. The highest BCUT2D eigenvalue weighted by Gasteiger charge is 2.26. The Hall–Kier alpha value is -1.10. The Bertz CT molecular complexity index is 310. The van der Waals surface area contributed by atoms with E-state index >= 15 is 0 Å². The molecule has 2 amide bonds. The zero-order valence-corrected chi connectivity index (χ0v) is 12.5. The number of hydrogen-bond acceptors (Lipinski definition) is 3. The Morgan fingerprint density at radius 1 is 1.26 bits per heavy atom. The van der Waals surface area contributed by atoms with Crippen LogP contribution in [-0.4, -0.2) is 48.9 Å². The first-order valence-electron chi connectivity index (χ1n) is 7.17. The zero-order valence-electron chi connectivity index (χ0n) is 12.5. The molecule has 0 aromatic heterocycles. The Morgan fingerprint density at radius 3 is 2.26 bits per heavy atom. The van der Waals surface area contributed by atoms with Crippen LogP contribution in [0.2, 0.25) is 0 Å². The fraction of sp³-hybridized carbons (Fsp3) is 0.857. The Labute approximate surface area is 116 Å². The first-order chi connectivity index (χ1) is 8.93. The maximum atomic E-state index is 11.9. The number of likely N-dealkylation sites (tertiary alicyclic amines) is 1. The van der Waals surface area contributed by atoms with Crippen molar-refractivity contribution in [1.82, 2.24) is 15.5 Å². The minimum atomic E-state index is -0.126. The van der Waals surface area contributed by atoms with Crippen molar-refractivity contribution >= 4 is 11.8 Å². The van der Waals surface area contributed by atoms with E-state index < -0.39 is 0 Å². The monoisotopic (exact) mass is 269 g/mol. The summed E-state index contributed by atoms with van der Waals surface area (Å²) in [7, 11) is 1.68. The van der Waals surface area contributed by atoms with Gasteiger partial charge in [-0.3, -0.25) is 9.59 Å². The fourth-order valence-electron chi connectivity index (χ4n) is 2.54. The molecular formula is C14H27N3O2. The number of hydrogen-bond donors (Lipinski definition) is 2. The van der Waals surface area contributed by atoms with Crippen molar-refractivity contribution in [3.8, 4) is 0 Å². The van der Waals surface area contributed by atoms with Crippen molar-refractivity contribution in [2.75, 3.05) is 20.1 Å². The molecule has 0 aromatic carbocycles. The number of piperidine rings is 1. The maximum absolute atomic E-state index is 11.9. The fourth-order valence-corrected chi connectivity index (χ4v) is 2.54. The summed E-state index contributed by atoms with van der Waals surface area (Å²) in [6, 6.07) is 0.204. The summed E-state index contributed by atoms with van der Waals surface area (Å²) in [6.45, 7) is 7.43.